The largest absolute Gasteiger partial charge is 0.118 e. The van der Waals surface area contributed by atoms with E-state index in [9.17, 15) is 0 Å². The van der Waals surface area contributed by atoms with Gasteiger partial charge in [0.1, 0.15) is 0 Å². The standard InChI is InChI=1S/C13H24S2Si/c1-12(2)7-16(5,6)8-13(3,4)11-10(12)14-9-15-11/h7-9H2,1-6H3. The van der Waals surface area contributed by atoms with Gasteiger partial charge in [-0.25, -0.2) is 0 Å². The first kappa shape index (κ1) is 13.1. The molecule has 0 saturated carbocycles. The molecule has 92 valence electrons. The van der Waals surface area contributed by atoms with Gasteiger partial charge in [0.15, 0.2) is 0 Å². The molecule has 0 amide bonds. The second kappa shape index (κ2) is 3.82. The fourth-order valence-corrected chi connectivity index (χ4v) is 12.7. The van der Waals surface area contributed by atoms with Crippen molar-refractivity contribution in [3.63, 3.8) is 0 Å². The van der Waals surface area contributed by atoms with E-state index >= 15 is 0 Å². The van der Waals surface area contributed by atoms with Crippen molar-refractivity contribution < 1.29 is 0 Å². The van der Waals surface area contributed by atoms with E-state index in [4.69, 9.17) is 0 Å². The van der Waals surface area contributed by atoms with Crippen molar-refractivity contribution in [2.24, 2.45) is 10.8 Å². The summed E-state index contributed by atoms with van der Waals surface area (Å²) >= 11 is 4.23. The van der Waals surface area contributed by atoms with Gasteiger partial charge < -0.3 is 0 Å². The van der Waals surface area contributed by atoms with Gasteiger partial charge in [0.25, 0.3) is 0 Å². The smallest absolute Gasteiger partial charge is 0.0491 e. The summed E-state index contributed by atoms with van der Waals surface area (Å²) in [5.41, 5.74) is 0.875. The van der Waals surface area contributed by atoms with Crippen LogP contribution in [0.4, 0.5) is 0 Å². The van der Waals surface area contributed by atoms with Crippen molar-refractivity contribution >= 4 is 31.6 Å². The van der Waals surface area contributed by atoms with Gasteiger partial charge in [-0.1, -0.05) is 40.8 Å². The van der Waals surface area contributed by atoms with Crippen LogP contribution in [-0.4, -0.2) is 13.2 Å². The topological polar surface area (TPSA) is 0 Å². The summed E-state index contributed by atoms with van der Waals surface area (Å²) in [4.78, 5) is 3.45. The predicted molar refractivity (Wildman–Crippen MR) is 81.7 cm³/mol. The normalized spacial score (nSPS) is 31.1. The van der Waals surface area contributed by atoms with Crippen LogP contribution < -0.4 is 0 Å². The van der Waals surface area contributed by atoms with Gasteiger partial charge in [0.2, 0.25) is 0 Å². The first-order valence-corrected chi connectivity index (χ1v) is 11.5. The Balaban J connectivity index is 2.49. The van der Waals surface area contributed by atoms with Crippen LogP contribution in [0.1, 0.15) is 27.7 Å². The lowest BCUT2D eigenvalue weighted by atomic mass is 9.88. The van der Waals surface area contributed by atoms with Gasteiger partial charge in [-0.3, -0.25) is 0 Å². The van der Waals surface area contributed by atoms with Crippen LogP contribution in [0, 0.1) is 10.8 Å². The summed E-state index contributed by atoms with van der Waals surface area (Å²) in [5.74, 6) is 0. The van der Waals surface area contributed by atoms with E-state index in [1.165, 1.54) is 17.2 Å². The van der Waals surface area contributed by atoms with E-state index in [2.05, 4.69) is 64.3 Å². The first-order chi connectivity index (χ1) is 7.14. The van der Waals surface area contributed by atoms with Crippen LogP contribution in [0.2, 0.25) is 25.2 Å². The summed E-state index contributed by atoms with van der Waals surface area (Å²) in [6, 6.07) is 2.91. The van der Waals surface area contributed by atoms with Crippen LogP contribution in [0.25, 0.3) is 0 Å². The molecular formula is C13H24S2Si. The minimum absolute atomic E-state index is 0.437. The molecule has 16 heavy (non-hydrogen) atoms. The van der Waals surface area contributed by atoms with Crippen molar-refractivity contribution in [1.82, 2.24) is 0 Å². The summed E-state index contributed by atoms with van der Waals surface area (Å²) in [5, 5.41) is 1.25. The molecule has 0 radical (unpaired) electrons. The Morgan fingerprint density at radius 2 is 1.25 bits per heavy atom. The maximum Gasteiger partial charge on any atom is 0.0491 e. The molecule has 0 spiro atoms. The maximum absolute atomic E-state index is 2.58. The number of thioether (sulfide) groups is 2. The molecular weight excluding hydrogens is 248 g/mol. The zero-order valence-corrected chi connectivity index (χ0v) is 14.1. The molecule has 0 aromatic carbocycles. The van der Waals surface area contributed by atoms with Crippen LogP contribution in [-0.2, 0) is 0 Å². The highest BCUT2D eigenvalue weighted by molar-refractivity contribution is 8.22. The highest BCUT2D eigenvalue weighted by Crippen LogP contribution is 2.60. The molecule has 2 aliphatic heterocycles. The Morgan fingerprint density at radius 1 is 0.875 bits per heavy atom. The van der Waals surface area contributed by atoms with Crippen LogP contribution in [0.15, 0.2) is 9.81 Å². The molecule has 0 N–H and O–H groups in total. The molecule has 0 fully saturated rings. The Morgan fingerprint density at radius 3 is 1.62 bits per heavy atom. The van der Waals surface area contributed by atoms with Gasteiger partial charge >= 0.3 is 0 Å². The minimum atomic E-state index is -1.05. The van der Waals surface area contributed by atoms with Gasteiger partial charge in [-0.15, -0.1) is 23.5 Å². The van der Waals surface area contributed by atoms with Crippen molar-refractivity contribution in [2.75, 3.05) is 5.08 Å². The van der Waals surface area contributed by atoms with Crippen molar-refractivity contribution in [3.8, 4) is 0 Å². The second-order valence-electron chi connectivity index (χ2n) is 7.35. The summed E-state index contributed by atoms with van der Waals surface area (Å²) < 4.78 is 0. The van der Waals surface area contributed by atoms with Gasteiger partial charge in [-0.2, -0.15) is 0 Å². The lowest BCUT2D eigenvalue weighted by Gasteiger charge is -2.34. The molecule has 0 atom stereocenters. The Labute approximate surface area is 110 Å². The minimum Gasteiger partial charge on any atom is -0.118 e. The third kappa shape index (κ3) is 2.28. The van der Waals surface area contributed by atoms with E-state index in [0.717, 1.165) is 0 Å². The van der Waals surface area contributed by atoms with Crippen molar-refractivity contribution in [3.05, 3.63) is 9.81 Å². The number of allylic oxidation sites excluding steroid dienone is 2. The second-order valence-corrected chi connectivity index (χ2v) is 14.7. The molecule has 0 saturated heterocycles. The lowest BCUT2D eigenvalue weighted by molar-refractivity contribution is 0.510. The summed E-state index contributed by atoms with van der Waals surface area (Å²) in [7, 11) is -1.05. The van der Waals surface area contributed by atoms with Crippen LogP contribution >= 0.6 is 23.5 Å². The zero-order chi connectivity index (χ0) is 12.2. The SMILES string of the molecule is CC1(C)C[Si](C)(C)CC(C)(C)C2=C1SCS2. The first-order valence-electron chi connectivity index (χ1n) is 6.15. The molecule has 3 heteroatoms. The van der Waals surface area contributed by atoms with Crippen molar-refractivity contribution in [1.29, 1.82) is 0 Å². The monoisotopic (exact) mass is 272 g/mol. The quantitative estimate of drug-likeness (QED) is 0.541. The number of hydrogen-bond acceptors (Lipinski definition) is 2. The molecule has 0 nitrogen and oxygen atoms in total. The predicted octanol–water partition coefficient (Wildman–Crippen LogP) is 5.41. The van der Waals surface area contributed by atoms with E-state index in [-0.39, 0.29) is 0 Å². The molecule has 0 unspecified atom stereocenters. The van der Waals surface area contributed by atoms with Gasteiger partial charge in [0, 0.05) is 23.0 Å². The molecule has 2 aliphatic rings. The Kier molecular flexibility index (Phi) is 3.13. The summed E-state index contributed by atoms with van der Waals surface area (Å²) in [6.07, 6.45) is 0. The number of rotatable bonds is 0. The Bertz CT molecular complexity index is 310. The van der Waals surface area contributed by atoms with Crippen LogP contribution in [0.5, 0.6) is 0 Å². The molecule has 2 heterocycles. The van der Waals surface area contributed by atoms with E-state index in [1.807, 2.05) is 0 Å². The molecule has 0 aliphatic carbocycles. The third-order valence-corrected chi connectivity index (χ3v) is 10.5. The van der Waals surface area contributed by atoms with Crippen molar-refractivity contribution in [2.45, 2.75) is 52.9 Å². The Hall–Kier alpha value is 0.657. The van der Waals surface area contributed by atoms with E-state index in [0.29, 0.717) is 10.8 Å². The molecule has 2 rings (SSSR count). The number of hydrogen-bond donors (Lipinski definition) is 0. The van der Waals surface area contributed by atoms with Gasteiger partial charge in [0.05, 0.1) is 0 Å². The highest BCUT2D eigenvalue weighted by atomic mass is 32.2. The van der Waals surface area contributed by atoms with E-state index < -0.39 is 8.07 Å². The van der Waals surface area contributed by atoms with Crippen LogP contribution in [0.3, 0.4) is 0 Å². The fourth-order valence-electron chi connectivity index (χ4n) is 3.90. The molecule has 0 aromatic rings. The molecule has 0 aromatic heterocycles. The maximum atomic E-state index is 2.58. The zero-order valence-electron chi connectivity index (χ0n) is 11.4. The lowest BCUT2D eigenvalue weighted by Crippen LogP contribution is -2.34. The fraction of sp³-hybridized carbons (Fsp3) is 0.846. The third-order valence-electron chi connectivity index (χ3n) is 3.68. The molecule has 0 bridgehead atoms. The average molecular weight is 273 g/mol. The highest BCUT2D eigenvalue weighted by Gasteiger charge is 2.46. The average Bonchev–Trinajstić information content (AvgIpc) is 2.43. The van der Waals surface area contributed by atoms with Gasteiger partial charge in [-0.05, 0) is 22.9 Å². The summed E-state index contributed by atoms with van der Waals surface area (Å²) in [6.45, 7) is 15.0. The van der Waals surface area contributed by atoms with E-state index in [1.54, 1.807) is 9.81 Å².